The lowest BCUT2D eigenvalue weighted by Gasteiger charge is -2.10. The fourth-order valence-corrected chi connectivity index (χ4v) is 2.08. The van der Waals surface area contributed by atoms with Crippen LogP contribution in [-0.4, -0.2) is 12.6 Å². The Labute approximate surface area is 151 Å². The van der Waals surface area contributed by atoms with Gasteiger partial charge in [0.1, 0.15) is 6.61 Å². The van der Waals surface area contributed by atoms with Gasteiger partial charge >= 0.3 is 5.97 Å². The van der Waals surface area contributed by atoms with Gasteiger partial charge in [-0.1, -0.05) is 29.4 Å². The fraction of sp³-hybridized carbons (Fsp3) is 0.409. The quantitative estimate of drug-likeness (QED) is 0.259. The molecular weight excluding hydrogens is 312 g/mol. The van der Waals surface area contributed by atoms with Crippen LogP contribution >= 0.6 is 0 Å². The number of rotatable bonds is 9. The second-order valence-electron chi connectivity index (χ2n) is 6.03. The van der Waals surface area contributed by atoms with E-state index >= 15 is 0 Å². The van der Waals surface area contributed by atoms with Gasteiger partial charge in [0, 0.05) is 6.42 Å². The molecular formula is C22H28O3. The average molecular weight is 340 g/mol. The highest BCUT2D eigenvalue weighted by Crippen LogP contribution is 2.27. The summed E-state index contributed by atoms with van der Waals surface area (Å²) in [6, 6.07) is 7.23. The molecule has 1 rings (SSSR count). The maximum Gasteiger partial charge on any atom is 0.312 e. The van der Waals surface area contributed by atoms with Gasteiger partial charge in [-0.2, -0.15) is 0 Å². The van der Waals surface area contributed by atoms with E-state index in [2.05, 4.69) is 44.8 Å². The summed E-state index contributed by atoms with van der Waals surface area (Å²) in [6.45, 7) is 8.52. The second kappa shape index (κ2) is 12.0. The van der Waals surface area contributed by atoms with Crippen molar-refractivity contribution in [1.29, 1.82) is 0 Å². The van der Waals surface area contributed by atoms with E-state index in [0.717, 1.165) is 12.8 Å². The van der Waals surface area contributed by atoms with Crippen molar-refractivity contribution >= 4 is 5.97 Å². The molecule has 0 fully saturated rings. The highest BCUT2D eigenvalue weighted by atomic mass is 16.6. The summed E-state index contributed by atoms with van der Waals surface area (Å²) >= 11 is 0. The van der Waals surface area contributed by atoms with Gasteiger partial charge in [0.15, 0.2) is 11.5 Å². The summed E-state index contributed by atoms with van der Waals surface area (Å²) in [5, 5.41) is 0. The Balaban J connectivity index is 2.54. The number of ether oxygens (including phenoxy) is 2. The van der Waals surface area contributed by atoms with Crippen LogP contribution in [0.4, 0.5) is 0 Å². The van der Waals surface area contributed by atoms with Crippen molar-refractivity contribution in [1.82, 2.24) is 0 Å². The van der Waals surface area contributed by atoms with E-state index in [1.165, 1.54) is 11.1 Å². The summed E-state index contributed by atoms with van der Waals surface area (Å²) in [5.74, 6) is 6.35. The summed E-state index contributed by atoms with van der Waals surface area (Å²) < 4.78 is 11.1. The third kappa shape index (κ3) is 9.42. The van der Waals surface area contributed by atoms with Crippen molar-refractivity contribution in [2.45, 2.75) is 53.4 Å². The molecule has 0 aliphatic rings. The van der Waals surface area contributed by atoms with Crippen LogP contribution in [0.5, 0.6) is 11.5 Å². The molecule has 0 unspecified atom stereocenters. The molecule has 0 bridgehead atoms. The lowest BCUT2D eigenvalue weighted by Crippen LogP contribution is -2.08. The molecule has 1 aromatic rings. The van der Waals surface area contributed by atoms with Gasteiger partial charge in [0.25, 0.3) is 0 Å². The first kappa shape index (κ1) is 20.6. The monoisotopic (exact) mass is 340 g/mol. The van der Waals surface area contributed by atoms with E-state index in [4.69, 9.17) is 9.47 Å². The molecule has 1 aromatic carbocycles. The molecule has 0 aromatic heterocycles. The molecule has 0 aliphatic heterocycles. The van der Waals surface area contributed by atoms with Gasteiger partial charge in [-0.3, -0.25) is 4.79 Å². The van der Waals surface area contributed by atoms with E-state index in [1.807, 2.05) is 12.1 Å². The lowest BCUT2D eigenvalue weighted by molar-refractivity contribution is -0.134. The minimum absolute atomic E-state index is 0.276. The van der Waals surface area contributed by atoms with Crippen molar-refractivity contribution in [3.63, 3.8) is 0 Å². The third-order valence-corrected chi connectivity index (χ3v) is 3.47. The molecule has 25 heavy (non-hydrogen) atoms. The number of para-hydroxylation sites is 2. The summed E-state index contributed by atoms with van der Waals surface area (Å²) in [7, 11) is 0. The summed E-state index contributed by atoms with van der Waals surface area (Å²) in [4.78, 5) is 11.8. The SMILES string of the molecule is CC#CCCC(=O)Oc1ccccc1OC/C=C(/C)CCC=C(C)C. The lowest BCUT2D eigenvalue weighted by atomic mass is 10.1. The predicted octanol–water partition coefficient (Wildman–Crippen LogP) is 5.47. The van der Waals surface area contributed by atoms with Crippen LogP contribution in [0.2, 0.25) is 0 Å². The molecule has 0 aliphatic carbocycles. The maximum absolute atomic E-state index is 11.8. The number of allylic oxidation sites excluding steroid dienone is 3. The maximum atomic E-state index is 11.8. The van der Waals surface area contributed by atoms with Crippen LogP contribution in [0.1, 0.15) is 53.4 Å². The number of benzene rings is 1. The highest BCUT2D eigenvalue weighted by Gasteiger charge is 2.09. The normalized spacial score (nSPS) is 10.5. The standard InChI is InChI=1S/C22H28O3/c1-5-6-7-15-22(23)25-21-14-9-8-13-20(21)24-17-16-19(4)12-10-11-18(2)3/h8-9,11,13-14,16H,7,10,12,15,17H2,1-4H3/b19-16-. The molecule has 0 heterocycles. The Hall–Kier alpha value is -2.47. The number of hydrogen-bond acceptors (Lipinski definition) is 3. The zero-order valence-corrected chi connectivity index (χ0v) is 15.7. The van der Waals surface area contributed by atoms with Crippen molar-refractivity contribution in [2.24, 2.45) is 0 Å². The first-order valence-electron chi connectivity index (χ1n) is 8.64. The second-order valence-corrected chi connectivity index (χ2v) is 6.03. The number of hydrogen-bond donors (Lipinski definition) is 0. The third-order valence-electron chi connectivity index (χ3n) is 3.47. The minimum atomic E-state index is -0.299. The van der Waals surface area contributed by atoms with Gasteiger partial charge in [-0.05, 0) is 58.7 Å². The molecule has 0 saturated heterocycles. The smallest absolute Gasteiger partial charge is 0.312 e. The fourth-order valence-electron chi connectivity index (χ4n) is 2.08. The Morgan fingerprint density at radius 2 is 1.80 bits per heavy atom. The number of carbonyl (C=O) groups is 1. The zero-order valence-electron chi connectivity index (χ0n) is 15.7. The zero-order chi connectivity index (χ0) is 18.5. The molecule has 3 heteroatoms. The largest absolute Gasteiger partial charge is 0.486 e. The average Bonchev–Trinajstić information content (AvgIpc) is 2.56. The van der Waals surface area contributed by atoms with Crippen molar-refractivity contribution in [2.75, 3.05) is 6.61 Å². The molecule has 0 spiro atoms. The van der Waals surface area contributed by atoms with Crippen molar-refractivity contribution in [3.8, 4) is 23.3 Å². The van der Waals surface area contributed by atoms with Gasteiger partial charge in [-0.15, -0.1) is 11.8 Å². The van der Waals surface area contributed by atoms with Gasteiger partial charge < -0.3 is 9.47 Å². The van der Waals surface area contributed by atoms with E-state index in [9.17, 15) is 4.79 Å². The van der Waals surface area contributed by atoms with Gasteiger partial charge in [0.05, 0.1) is 6.42 Å². The molecule has 0 amide bonds. The van der Waals surface area contributed by atoms with Crippen LogP contribution in [0.3, 0.4) is 0 Å². The van der Waals surface area contributed by atoms with Gasteiger partial charge in [0.2, 0.25) is 0 Å². The molecule has 3 nitrogen and oxygen atoms in total. The minimum Gasteiger partial charge on any atom is -0.486 e. The van der Waals surface area contributed by atoms with Gasteiger partial charge in [-0.25, -0.2) is 0 Å². The van der Waals surface area contributed by atoms with Crippen LogP contribution in [-0.2, 0) is 4.79 Å². The molecule has 0 atom stereocenters. The van der Waals surface area contributed by atoms with E-state index in [1.54, 1.807) is 19.1 Å². The van der Waals surface area contributed by atoms with E-state index < -0.39 is 0 Å². The van der Waals surface area contributed by atoms with Crippen molar-refractivity contribution < 1.29 is 14.3 Å². The Morgan fingerprint density at radius 3 is 2.48 bits per heavy atom. The molecule has 134 valence electrons. The molecule has 0 N–H and O–H groups in total. The first-order chi connectivity index (χ1) is 12.0. The Bertz CT molecular complexity index is 668. The number of esters is 1. The first-order valence-corrected chi connectivity index (χ1v) is 8.64. The van der Waals surface area contributed by atoms with Crippen molar-refractivity contribution in [3.05, 3.63) is 47.6 Å². The summed E-state index contributed by atoms with van der Waals surface area (Å²) in [6.07, 6.45) is 7.14. The van der Waals surface area contributed by atoms with E-state index in [0.29, 0.717) is 24.5 Å². The highest BCUT2D eigenvalue weighted by molar-refractivity contribution is 5.73. The topological polar surface area (TPSA) is 35.5 Å². The Kier molecular flexibility index (Phi) is 9.85. The van der Waals surface area contributed by atoms with E-state index in [-0.39, 0.29) is 12.4 Å². The molecule has 0 saturated carbocycles. The van der Waals surface area contributed by atoms with Crippen LogP contribution in [0.15, 0.2) is 47.6 Å². The summed E-state index contributed by atoms with van der Waals surface area (Å²) in [5.41, 5.74) is 2.62. The van der Waals surface area contributed by atoms with Crippen LogP contribution in [0, 0.1) is 11.8 Å². The van der Waals surface area contributed by atoms with Crippen LogP contribution in [0.25, 0.3) is 0 Å². The Morgan fingerprint density at radius 1 is 1.08 bits per heavy atom. The molecule has 0 radical (unpaired) electrons. The van der Waals surface area contributed by atoms with Crippen LogP contribution < -0.4 is 9.47 Å². The number of carbonyl (C=O) groups excluding carboxylic acids is 1. The predicted molar refractivity (Wildman–Crippen MR) is 103 cm³/mol.